The quantitative estimate of drug-likeness (QED) is 0.141. The zero-order valence-corrected chi connectivity index (χ0v) is 46.9. The fraction of sp³-hybridized carbons (Fsp3) is 0.273. The van der Waals surface area contributed by atoms with E-state index >= 15 is 0 Å². The van der Waals surface area contributed by atoms with Gasteiger partial charge < -0.3 is 27.9 Å². The molecule has 8 aromatic carbocycles. The van der Waals surface area contributed by atoms with Crippen LogP contribution in [0.25, 0.3) is 66.8 Å². The monoisotopic (exact) mass is 1030 g/mol. The fourth-order valence-corrected chi connectivity index (χ4v) is 9.43. The number of hydrogen-bond donors (Lipinski definition) is 0. The van der Waals surface area contributed by atoms with Gasteiger partial charge in [0.25, 0.3) is 0 Å². The number of rotatable bonds is 8. The van der Waals surface area contributed by atoms with Crippen molar-refractivity contribution in [2.45, 2.75) is 117 Å². The summed E-state index contributed by atoms with van der Waals surface area (Å²) in [5, 5.41) is 0.761. The maximum absolute atomic E-state index is 6.24. The minimum absolute atomic E-state index is 0.344. The average Bonchev–Trinajstić information content (AvgIpc) is 3.91. The van der Waals surface area contributed by atoms with Crippen molar-refractivity contribution in [3.63, 3.8) is 0 Å². The van der Waals surface area contributed by atoms with Crippen LogP contribution in [0.4, 0.5) is 0 Å². The highest BCUT2D eigenvalue weighted by molar-refractivity contribution is 7.11. The lowest BCUT2D eigenvalue weighted by atomic mass is 9.49. The third-order valence-corrected chi connectivity index (χ3v) is 16.3. The SMILES string of the molecule is CC1(C)OB(B2OC(C)(C)C(C)(C)O2)OC1(C)C.CC1(C)OB(c2cccc(-c3ccc(-c4cccc(-c5ccccc5)c4)cc3)c2)OC1(C)C.Clc1cccc(-c2ccc(-c3cccc(-c4ccccc4)c3)cc2)c1. The van der Waals surface area contributed by atoms with Crippen LogP contribution in [0.15, 0.2) is 206 Å². The van der Waals surface area contributed by atoms with Gasteiger partial charge in [-0.05, 0) is 180 Å². The Kier molecular flexibility index (Phi) is 15.7. The van der Waals surface area contributed by atoms with Gasteiger partial charge in [-0.3, -0.25) is 0 Å². The van der Waals surface area contributed by atoms with Crippen molar-refractivity contribution in [2.24, 2.45) is 0 Å². The first kappa shape index (κ1) is 54.8. The lowest BCUT2D eigenvalue weighted by Crippen LogP contribution is -2.41. The van der Waals surface area contributed by atoms with Crippen molar-refractivity contribution in [1.82, 2.24) is 0 Å². The van der Waals surface area contributed by atoms with E-state index in [4.69, 9.17) is 39.5 Å². The van der Waals surface area contributed by atoms with Crippen LogP contribution in [0.1, 0.15) is 83.1 Å². The van der Waals surface area contributed by atoms with Crippen LogP contribution in [0.2, 0.25) is 5.02 Å². The largest absolute Gasteiger partial charge is 0.494 e. The van der Waals surface area contributed by atoms with Crippen LogP contribution in [0, 0.1) is 0 Å². The van der Waals surface area contributed by atoms with Crippen LogP contribution in [0.3, 0.4) is 0 Å². The molecule has 10 heteroatoms. The molecule has 6 nitrogen and oxygen atoms in total. The Labute approximate surface area is 458 Å². The first-order chi connectivity index (χ1) is 36.0. The summed E-state index contributed by atoms with van der Waals surface area (Å²) < 4.78 is 36.3. The number of benzene rings is 8. The van der Waals surface area contributed by atoms with Crippen LogP contribution < -0.4 is 5.46 Å². The summed E-state index contributed by atoms with van der Waals surface area (Å²) in [7, 11) is -1.30. The molecule has 0 saturated carbocycles. The summed E-state index contributed by atoms with van der Waals surface area (Å²) in [6, 6.07) is 72.2. The van der Waals surface area contributed by atoms with Crippen LogP contribution >= 0.6 is 11.6 Å². The van der Waals surface area contributed by atoms with Gasteiger partial charge in [0.1, 0.15) is 0 Å². The summed E-state index contributed by atoms with van der Waals surface area (Å²) in [4.78, 5) is 0. The molecule has 3 fully saturated rings. The fourth-order valence-electron chi connectivity index (χ4n) is 9.24. The summed E-state index contributed by atoms with van der Waals surface area (Å²) in [6.07, 6.45) is 0. The summed E-state index contributed by atoms with van der Waals surface area (Å²) in [5.41, 5.74) is 13.4. The van der Waals surface area contributed by atoms with Crippen molar-refractivity contribution in [1.29, 1.82) is 0 Å². The van der Waals surface area contributed by atoms with Crippen molar-refractivity contribution in [3.8, 4) is 66.8 Å². The molecule has 0 amide bonds. The zero-order chi connectivity index (χ0) is 54.1. The minimum Gasteiger partial charge on any atom is -0.405 e. The third kappa shape index (κ3) is 12.1. The molecule has 0 spiro atoms. The standard InChI is InChI=1S/C30H29BO2.C24H17Cl.C12H24B2O4/c1-29(2)30(3,4)33-31(32-29)28-15-9-14-27(21-28)24-18-16-23(17-19-24)26-13-8-12-25(20-26)22-10-6-5-7-11-22;25-24-11-5-10-23(17-24)20-14-12-19(13-15-20)22-9-4-8-21(16-22)18-6-2-1-3-7-18;1-9(2)10(3,4)16-13(15-9)14-17-11(5,6)12(7,8)18-14/h5-21H,1-4H3;1-17H;1-8H3. The van der Waals surface area contributed by atoms with Crippen molar-refractivity contribution in [3.05, 3.63) is 211 Å². The van der Waals surface area contributed by atoms with Gasteiger partial charge >= 0.3 is 21.1 Å². The summed E-state index contributed by atoms with van der Waals surface area (Å²) in [6.45, 7) is 24.6. The van der Waals surface area contributed by atoms with Crippen molar-refractivity contribution < 1.29 is 27.9 Å². The van der Waals surface area contributed by atoms with E-state index in [1.165, 1.54) is 55.6 Å². The lowest BCUT2D eigenvalue weighted by Gasteiger charge is -2.32. The highest BCUT2D eigenvalue weighted by Gasteiger charge is 2.63. The average molecular weight is 1030 g/mol. The van der Waals surface area contributed by atoms with Gasteiger partial charge in [0.05, 0.1) is 33.6 Å². The Hall–Kier alpha value is -6.00. The molecule has 386 valence electrons. The van der Waals surface area contributed by atoms with Crippen molar-refractivity contribution in [2.75, 3.05) is 0 Å². The molecule has 0 bridgehead atoms. The molecule has 3 heterocycles. The molecule has 3 aliphatic heterocycles. The Bertz CT molecular complexity index is 3170. The lowest BCUT2D eigenvalue weighted by molar-refractivity contribution is 0.00578. The maximum atomic E-state index is 6.24. The highest BCUT2D eigenvalue weighted by atomic mass is 35.5. The molecular formula is C66H70B3ClO6. The molecule has 11 rings (SSSR count). The smallest absolute Gasteiger partial charge is 0.405 e. The predicted molar refractivity (Wildman–Crippen MR) is 318 cm³/mol. The molecule has 3 aliphatic rings. The van der Waals surface area contributed by atoms with E-state index in [9.17, 15) is 0 Å². The number of halogens is 1. The molecule has 0 atom stereocenters. The minimum atomic E-state index is -0.476. The van der Waals surface area contributed by atoms with Gasteiger partial charge in [0.15, 0.2) is 0 Å². The second-order valence-corrected chi connectivity index (χ2v) is 23.5. The molecule has 0 unspecified atom stereocenters. The summed E-state index contributed by atoms with van der Waals surface area (Å²) >= 11 is 6.10. The zero-order valence-electron chi connectivity index (χ0n) is 46.2. The van der Waals surface area contributed by atoms with E-state index in [1.54, 1.807) is 0 Å². The van der Waals surface area contributed by atoms with E-state index in [0.29, 0.717) is 0 Å². The van der Waals surface area contributed by atoms with Crippen molar-refractivity contribution >= 4 is 38.2 Å². The van der Waals surface area contributed by atoms with Gasteiger partial charge in [0.2, 0.25) is 0 Å². The number of hydrogen-bond acceptors (Lipinski definition) is 6. The van der Waals surface area contributed by atoms with E-state index in [-0.39, 0.29) is 40.7 Å². The normalized spacial score (nSPS) is 18.3. The molecule has 0 aliphatic carbocycles. The Morgan fingerprint density at radius 3 is 0.829 bits per heavy atom. The van der Waals surface area contributed by atoms with Gasteiger partial charge in [0, 0.05) is 5.02 Å². The first-order valence-electron chi connectivity index (χ1n) is 26.4. The molecule has 76 heavy (non-hydrogen) atoms. The van der Waals surface area contributed by atoms with E-state index in [2.05, 4.69) is 204 Å². The molecule has 0 radical (unpaired) electrons. The second kappa shape index (κ2) is 21.8. The molecule has 3 saturated heterocycles. The molecule has 0 N–H and O–H groups in total. The van der Waals surface area contributed by atoms with Gasteiger partial charge in [-0.25, -0.2) is 0 Å². The molecule has 8 aromatic rings. The highest BCUT2D eigenvalue weighted by Crippen LogP contribution is 2.43. The first-order valence-corrected chi connectivity index (χ1v) is 26.8. The van der Waals surface area contributed by atoms with E-state index < -0.39 is 14.0 Å². The van der Waals surface area contributed by atoms with Gasteiger partial charge in [-0.1, -0.05) is 194 Å². The van der Waals surface area contributed by atoms with Crippen LogP contribution in [-0.4, -0.2) is 54.7 Å². The van der Waals surface area contributed by atoms with Crippen LogP contribution in [0.5, 0.6) is 0 Å². The predicted octanol–water partition coefficient (Wildman–Crippen LogP) is 16.6. The Balaban J connectivity index is 0.000000146. The van der Waals surface area contributed by atoms with Crippen LogP contribution in [-0.2, 0) is 27.9 Å². The Morgan fingerprint density at radius 1 is 0.250 bits per heavy atom. The third-order valence-electron chi connectivity index (χ3n) is 16.0. The molecular weight excluding hydrogens is 957 g/mol. The van der Waals surface area contributed by atoms with E-state index in [0.717, 1.165) is 21.6 Å². The summed E-state index contributed by atoms with van der Waals surface area (Å²) in [5.74, 6) is 0. The van der Waals surface area contributed by atoms with Gasteiger partial charge in [-0.15, -0.1) is 0 Å². The Morgan fingerprint density at radius 2 is 0.500 bits per heavy atom. The topological polar surface area (TPSA) is 55.4 Å². The maximum Gasteiger partial charge on any atom is 0.494 e. The molecule has 0 aromatic heterocycles. The van der Waals surface area contributed by atoms with E-state index in [1.807, 2.05) is 85.7 Å². The van der Waals surface area contributed by atoms with Gasteiger partial charge in [-0.2, -0.15) is 0 Å². The second-order valence-electron chi connectivity index (χ2n) is 23.0.